The quantitative estimate of drug-likeness (QED) is 0.632. The summed E-state index contributed by atoms with van der Waals surface area (Å²) in [7, 11) is 0. The number of rotatable bonds is 2. The molecule has 0 aromatic heterocycles. The molecule has 0 bridgehead atoms. The lowest BCUT2D eigenvalue weighted by molar-refractivity contribution is -0.112. The number of hydrogen-bond acceptors (Lipinski definition) is 1. The van der Waals surface area contributed by atoms with E-state index in [1.54, 1.807) is 0 Å². The van der Waals surface area contributed by atoms with Crippen molar-refractivity contribution in [3.63, 3.8) is 0 Å². The number of aryl methyl sites for hydroxylation is 1. The van der Waals surface area contributed by atoms with E-state index in [0.29, 0.717) is 5.02 Å². The molecule has 2 aromatic carbocycles. The Morgan fingerprint density at radius 3 is 1.83 bits per heavy atom. The van der Waals surface area contributed by atoms with Gasteiger partial charge >= 0.3 is 0 Å². The van der Waals surface area contributed by atoms with Crippen molar-refractivity contribution in [2.24, 2.45) is 0 Å². The molecule has 1 nitrogen and oxygen atoms in total. The predicted octanol–water partition coefficient (Wildman–Crippen LogP) is 5.87. The molecular formula is C21H19ClO. The highest BCUT2D eigenvalue weighted by atomic mass is 35.5. The van der Waals surface area contributed by atoms with E-state index >= 15 is 0 Å². The highest BCUT2D eigenvalue weighted by Crippen LogP contribution is 2.28. The van der Waals surface area contributed by atoms with E-state index in [4.69, 9.17) is 11.6 Å². The summed E-state index contributed by atoms with van der Waals surface area (Å²) in [5, 5.41) is 0.710. The minimum absolute atomic E-state index is 0.173. The smallest absolute Gasteiger partial charge is 0.185 e. The zero-order valence-corrected chi connectivity index (χ0v) is 13.9. The van der Waals surface area contributed by atoms with E-state index < -0.39 is 0 Å². The van der Waals surface area contributed by atoms with Crippen molar-refractivity contribution >= 4 is 29.5 Å². The average Bonchev–Trinajstić information content (AvgIpc) is 2.55. The zero-order chi connectivity index (χ0) is 16.2. The summed E-state index contributed by atoms with van der Waals surface area (Å²) in [6.45, 7) is 2.07. The fourth-order valence-electron chi connectivity index (χ4n) is 2.80. The van der Waals surface area contributed by atoms with Crippen LogP contribution in [0.2, 0.25) is 5.02 Å². The van der Waals surface area contributed by atoms with Crippen LogP contribution >= 0.6 is 11.6 Å². The number of ketones is 1. The molecule has 1 fully saturated rings. The number of halogens is 1. The maximum atomic E-state index is 12.7. The Labute approximate surface area is 142 Å². The molecule has 0 aliphatic heterocycles. The van der Waals surface area contributed by atoms with Crippen LogP contribution in [0.5, 0.6) is 0 Å². The van der Waals surface area contributed by atoms with E-state index in [9.17, 15) is 4.79 Å². The fraction of sp³-hybridized carbons (Fsp3) is 0.190. The Morgan fingerprint density at radius 1 is 0.826 bits per heavy atom. The van der Waals surface area contributed by atoms with Crippen LogP contribution < -0.4 is 0 Å². The number of carbonyl (C=O) groups is 1. The van der Waals surface area contributed by atoms with Crippen molar-refractivity contribution < 1.29 is 4.79 Å². The van der Waals surface area contributed by atoms with Crippen molar-refractivity contribution in [3.05, 3.63) is 81.4 Å². The van der Waals surface area contributed by atoms with Crippen LogP contribution in [0.25, 0.3) is 12.2 Å². The van der Waals surface area contributed by atoms with E-state index in [-0.39, 0.29) is 5.78 Å². The highest BCUT2D eigenvalue weighted by molar-refractivity contribution is 6.30. The molecule has 0 unspecified atom stereocenters. The molecule has 2 aromatic rings. The molecular weight excluding hydrogens is 304 g/mol. The van der Waals surface area contributed by atoms with Crippen LogP contribution in [0.4, 0.5) is 0 Å². The molecule has 116 valence electrons. The van der Waals surface area contributed by atoms with Crippen molar-refractivity contribution in [1.29, 1.82) is 0 Å². The van der Waals surface area contributed by atoms with Gasteiger partial charge in [-0.2, -0.15) is 0 Å². The van der Waals surface area contributed by atoms with E-state index in [2.05, 4.69) is 31.2 Å². The third-order valence-corrected chi connectivity index (χ3v) is 4.36. The standard InChI is InChI=1S/C21H19ClO/c1-15-5-7-16(8-6-15)13-18-3-2-4-19(21(18)23)14-17-9-11-20(22)12-10-17/h5-14H,2-4H2,1H3/b18-13+,19-14+. The van der Waals surface area contributed by atoms with Crippen LogP contribution in [0.15, 0.2) is 59.7 Å². The molecule has 1 aliphatic carbocycles. The molecule has 3 rings (SSSR count). The SMILES string of the molecule is Cc1ccc(/C=C2\CCC/C(=C\c3ccc(Cl)cc3)C2=O)cc1. The monoisotopic (exact) mass is 322 g/mol. The Balaban J connectivity index is 1.86. The third kappa shape index (κ3) is 4.00. The molecule has 0 atom stereocenters. The molecule has 0 amide bonds. The predicted molar refractivity (Wildman–Crippen MR) is 97.4 cm³/mol. The van der Waals surface area contributed by atoms with Gasteiger partial charge in [0.2, 0.25) is 0 Å². The van der Waals surface area contributed by atoms with Gasteiger partial charge in [0.05, 0.1) is 0 Å². The normalized spacial score (nSPS) is 18.6. The fourth-order valence-corrected chi connectivity index (χ4v) is 2.93. The first-order valence-corrected chi connectivity index (χ1v) is 8.28. The van der Waals surface area contributed by atoms with E-state index in [1.165, 1.54) is 5.56 Å². The molecule has 2 heteroatoms. The van der Waals surface area contributed by atoms with Crippen molar-refractivity contribution in [3.8, 4) is 0 Å². The van der Waals surface area contributed by atoms with Gasteiger partial charge in [0.25, 0.3) is 0 Å². The largest absolute Gasteiger partial charge is 0.289 e. The second kappa shape index (κ2) is 6.97. The summed E-state index contributed by atoms with van der Waals surface area (Å²) in [6.07, 6.45) is 6.72. The van der Waals surface area contributed by atoms with Gasteiger partial charge in [0, 0.05) is 16.2 Å². The van der Waals surface area contributed by atoms with Crippen LogP contribution in [-0.2, 0) is 4.79 Å². The molecule has 1 saturated carbocycles. The number of hydrogen-bond donors (Lipinski definition) is 0. The molecule has 0 radical (unpaired) electrons. The molecule has 0 spiro atoms. The third-order valence-electron chi connectivity index (χ3n) is 4.10. The van der Waals surface area contributed by atoms with Gasteiger partial charge in [0.1, 0.15) is 0 Å². The Morgan fingerprint density at radius 2 is 1.30 bits per heavy atom. The molecule has 1 aliphatic rings. The van der Waals surface area contributed by atoms with E-state index in [1.807, 2.05) is 36.4 Å². The van der Waals surface area contributed by atoms with Crippen molar-refractivity contribution in [2.45, 2.75) is 26.2 Å². The topological polar surface area (TPSA) is 17.1 Å². The maximum absolute atomic E-state index is 12.7. The summed E-state index contributed by atoms with van der Waals surface area (Å²) in [5.41, 5.74) is 5.13. The van der Waals surface area contributed by atoms with Crippen LogP contribution in [0.1, 0.15) is 36.0 Å². The zero-order valence-electron chi connectivity index (χ0n) is 13.2. The van der Waals surface area contributed by atoms with Gasteiger partial charge < -0.3 is 0 Å². The Kier molecular flexibility index (Phi) is 4.78. The lowest BCUT2D eigenvalue weighted by atomic mass is 9.87. The van der Waals surface area contributed by atoms with Gasteiger partial charge in [-0.1, -0.05) is 53.6 Å². The van der Waals surface area contributed by atoms with Crippen molar-refractivity contribution in [2.75, 3.05) is 0 Å². The number of Topliss-reactive ketones (excluding diaryl/α,β-unsaturated/α-hetero) is 1. The van der Waals surface area contributed by atoms with Crippen LogP contribution in [0.3, 0.4) is 0 Å². The lowest BCUT2D eigenvalue weighted by Gasteiger charge is -2.16. The summed E-state index contributed by atoms with van der Waals surface area (Å²) in [5.74, 6) is 0.173. The first-order valence-electron chi connectivity index (χ1n) is 7.90. The number of carbonyl (C=O) groups excluding carboxylic acids is 1. The maximum Gasteiger partial charge on any atom is 0.185 e. The summed E-state index contributed by atoms with van der Waals surface area (Å²) >= 11 is 5.91. The Bertz CT molecular complexity index is 699. The summed E-state index contributed by atoms with van der Waals surface area (Å²) < 4.78 is 0. The Hall–Kier alpha value is -2.12. The summed E-state index contributed by atoms with van der Waals surface area (Å²) in [4.78, 5) is 12.7. The minimum Gasteiger partial charge on any atom is -0.289 e. The molecule has 0 saturated heterocycles. The molecule has 0 heterocycles. The lowest BCUT2D eigenvalue weighted by Crippen LogP contribution is -2.12. The average molecular weight is 323 g/mol. The summed E-state index contributed by atoms with van der Waals surface area (Å²) in [6, 6.07) is 15.9. The second-order valence-corrected chi connectivity index (χ2v) is 6.42. The van der Waals surface area contributed by atoms with Crippen LogP contribution in [0, 0.1) is 6.92 Å². The first-order chi connectivity index (χ1) is 11.1. The molecule has 0 N–H and O–H groups in total. The van der Waals surface area contributed by atoms with E-state index in [0.717, 1.165) is 41.5 Å². The second-order valence-electron chi connectivity index (χ2n) is 5.98. The van der Waals surface area contributed by atoms with Crippen molar-refractivity contribution in [1.82, 2.24) is 0 Å². The van der Waals surface area contributed by atoms with Gasteiger partial charge in [0.15, 0.2) is 5.78 Å². The van der Waals surface area contributed by atoms with Gasteiger partial charge in [-0.15, -0.1) is 0 Å². The van der Waals surface area contributed by atoms with Gasteiger partial charge in [-0.05, 0) is 61.6 Å². The first kappa shape index (κ1) is 15.8. The molecule has 23 heavy (non-hydrogen) atoms. The number of allylic oxidation sites excluding steroid dienone is 2. The number of benzene rings is 2. The highest BCUT2D eigenvalue weighted by Gasteiger charge is 2.20. The van der Waals surface area contributed by atoms with Crippen LogP contribution in [-0.4, -0.2) is 5.78 Å². The van der Waals surface area contributed by atoms with Gasteiger partial charge in [-0.25, -0.2) is 0 Å². The van der Waals surface area contributed by atoms with Gasteiger partial charge in [-0.3, -0.25) is 4.79 Å². The minimum atomic E-state index is 0.173.